The number of hydrogen-bond acceptors (Lipinski definition) is 1. The first-order valence-electron chi connectivity index (χ1n) is 5.14. The first kappa shape index (κ1) is 12.4. The fraction of sp³-hybridized carbons (Fsp3) is 0. The normalized spacial score (nSPS) is 11.5. The van der Waals surface area contributed by atoms with Crippen molar-refractivity contribution in [2.45, 2.75) is 4.90 Å². The number of hydrogen-bond donors (Lipinski definition) is 0. The van der Waals surface area contributed by atoms with Gasteiger partial charge in [0.2, 0.25) is 0 Å². The van der Waals surface area contributed by atoms with Crippen LogP contribution < -0.4 is 4.46 Å². The van der Waals surface area contributed by atoms with Gasteiger partial charge in [-0.05, 0) is 0 Å². The number of benzene rings is 2. The van der Waals surface area contributed by atoms with E-state index >= 15 is 0 Å². The molecule has 0 nitrogen and oxygen atoms in total. The Morgan fingerprint density at radius 1 is 0.941 bits per heavy atom. The Balaban J connectivity index is 2.04. The topological polar surface area (TPSA) is 0 Å². The molecule has 0 N–H and O–H groups in total. The van der Waals surface area contributed by atoms with Gasteiger partial charge in [-0.3, -0.25) is 0 Å². The second-order valence-corrected chi connectivity index (χ2v) is 7.30. The summed E-state index contributed by atoms with van der Waals surface area (Å²) in [5.41, 5.74) is 0. The Morgan fingerprint density at radius 3 is 2.12 bits per heavy atom. The van der Waals surface area contributed by atoms with Crippen LogP contribution in [0.3, 0.4) is 0 Å². The minimum atomic E-state index is 0.0382. The molecule has 2 aromatic rings. The van der Waals surface area contributed by atoms with Crippen LogP contribution in [0.25, 0.3) is 0 Å². The van der Waals surface area contributed by atoms with Crippen molar-refractivity contribution in [1.29, 1.82) is 0 Å². The molecule has 0 spiro atoms. The van der Waals surface area contributed by atoms with E-state index in [9.17, 15) is 4.39 Å². The zero-order valence-corrected chi connectivity index (χ0v) is 11.6. The van der Waals surface area contributed by atoms with Crippen molar-refractivity contribution in [2.24, 2.45) is 0 Å². The molecule has 0 heterocycles. The summed E-state index contributed by atoms with van der Waals surface area (Å²) in [5, 5.41) is 0. The van der Waals surface area contributed by atoms with E-state index in [1.165, 1.54) is 16.2 Å². The molecule has 0 aromatic heterocycles. The molecule has 0 atom stereocenters. The van der Waals surface area contributed by atoms with E-state index in [0.29, 0.717) is 0 Å². The summed E-state index contributed by atoms with van der Waals surface area (Å²) in [6.07, 6.45) is 0.727. The molecule has 2 aromatic carbocycles. The predicted octanol–water partition coefficient (Wildman–Crippen LogP) is 3.58. The fourth-order valence-corrected chi connectivity index (χ4v) is 4.45. The summed E-state index contributed by atoms with van der Waals surface area (Å²) in [7, 11) is 0. The second kappa shape index (κ2) is 6.65. The summed E-state index contributed by atoms with van der Waals surface area (Å²) in [6.45, 7) is 0. The van der Waals surface area contributed by atoms with E-state index < -0.39 is 0 Å². The van der Waals surface area contributed by atoms with Gasteiger partial charge in [-0.15, -0.1) is 0 Å². The van der Waals surface area contributed by atoms with E-state index in [4.69, 9.17) is 0 Å². The third-order valence-electron chi connectivity index (χ3n) is 2.01. The van der Waals surface area contributed by atoms with Crippen LogP contribution in [0, 0.1) is 0 Å². The van der Waals surface area contributed by atoms with Gasteiger partial charge < -0.3 is 0 Å². The van der Waals surface area contributed by atoms with Crippen LogP contribution in [0.5, 0.6) is 0 Å². The predicted molar refractivity (Wildman–Crippen MR) is 73.3 cm³/mol. The Labute approximate surface area is 111 Å². The Kier molecular flexibility index (Phi) is 4.87. The summed E-state index contributed by atoms with van der Waals surface area (Å²) in [6, 6.07) is 19.9. The van der Waals surface area contributed by atoms with Crippen molar-refractivity contribution in [2.75, 3.05) is 0 Å². The van der Waals surface area contributed by atoms with Gasteiger partial charge in [-0.25, -0.2) is 0 Å². The molecular formula is C14H11FSSe. The van der Waals surface area contributed by atoms with Gasteiger partial charge in [-0.2, -0.15) is 0 Å². The van der Waals surface area contributed by atoms with Crippen LogP contribution in [-0.4, -0.2) is 15.0 Å². The van der Waals surface area contributed by atoms with Gasteiger partial charge in [0.05, 0.1) is 0 Å². The number of halogens is 1. The van der Waals surface area contributed by atoms with Gasteiger partial charge in [0.25, 0.3) is 0 Å². The number of thioether (sulfide) groups is 1. The SMILES string of the molecule is F/C=C(/Sc1ccccc1)[Se]c1ccccc1. The molecule has 86 valence electrons. The molecule has 0 unspecified atom stereocenters. The number of rotatable bonds is 4. The fourth-order valence-electron chi connectivity index (χ4n) is 1.27. The average Bonchev–Trinajstić information content (AvgIpc) is 2.40. The first-order valence-corrected chi connectivity index (χ1v) is 7.67. The van der Waals surface area contributed by atoms with Gasteiger partial charge in [-0.1, -0.05) is 0 Å². The van der Waals surface area contributed by atoms with E-state index in [1.54, 1.807) is 0 Å². The van der Waals surface area contributed by atoms with Crippen molar-refractivity contribution in [3.63, 3.8) is 0 Å². The van der Waals surface area contributed by atoms with Gasteiger partial charge in [0.15, 0.2) is 0 Å². The van der Waals surface area contributed by atoms with Crippen LogP contribution in [0.2, 0.25) is 0 Å². The molecule has 0 radical (unpaired) electrons. The second-order valence-electron chi connectivity index (χ2n) is 3.26. The van der Waals surface area contributed by atoms with Gasteiger partial charge in [0.1, 0.15) is 0 Å². The molecule has 3 heteroatoms. The zero-order valence-electron chi connectivity index (χ0n) is 9.05. The molecular weight excluding hydrogens is 298 g/mol. The van der Waals surface area contributed by atoms with Crippen LogP contribution in [-0.2, 0) is 0 Å². The van der Waals surface area contributed by atoms with Crippen molar-refractivity contribution in [3.8, 4) is 0 Å². The summed E-state index contributed by atoms with van der Waals surface area (Å²) in [4.78, 5) is 1.08. The van der Waals surface area contributed by atoms with Crippen molar-refractivity contribution in [3.05, 3.63) is 70.8 Å². The van der Waals surface area contributed by atoms with Crippen LogP contribution in [0.15, 0.2) is 75.7 Å². The Hall–Kier alpha value is -1.02. The molecule has 0 amide bonds. The average molecular weight is 309 g/mol. The quantitative estimate of drug-likeness (QED) is 0.614. The maximum absolute atomic E-state index is 12.9. The summed E-state index contributed by atoms with van der Waals surface area (Å²) < 4.78 is 14.8. The van der Waals surface area contributed by atoms with Crippen molar-refractivity contribution >= 4 is 31.2 Å². The standard InChI is InChI=1S/C14H11FSSe/c15-11-14(16-12-7-3-1-4-8-12)17-13-9-5-2-6-10-13/h1-11H/b14-11-. The van der Waals surface area contributed by atoms with Crippen molar-refractivity contribution < 1.29 is 4.39 Å². The van der Waals surface area contributed by atoms with Crippen LogP contribution in [0.4, 0.5) is 4.39 Å². The molecule has 0 fully saturated rings. The Morgan fingerprint density at radius 2 is 1.53 bits per heavy atom. The van der Waals surface area contributed by atoms with Gasteiger partial charge in [0, 0.05) is 0 Å². The van der Waals surface area contributed by atoms with Crippen LogP contribution in [0.1, 0.15) is 0 Å². The zero-order chi connectivity index (χ0) is 11.9. The molecule has 0 saturated carbocycles. The third kappa shape index (κ3) is 4.04. The molecule has 0 aliphatic heterocycles. The van der Waals surface area contributed by atoms with Gasteiger partial charge >= 0.3 is 111 Å². The molecule has 0 aliphatic carbocycles. The molecule has 0 aliphatic rings. The minimum absolute atomic E-state index is 0.0382. The van der Waals surface area contributed by atoms with E-state index in [2.05, 4.69) is 0 Å². The summed E-state index contributed by atoms with van der Waals surface area (Å²) >= 11 is 1.54. The maximum atomic E-state index is 12.9. The van der Waals surface area contributed by atoms with E-state index in [-0.39, 0.29) is 15.0 Å². The summed E-state index contributed by atoms with van der Waals surface area (Å²) in [5.74, 6) is 0. The molecule has 17 heavy (non-hydrogen) atoms. The Bertz CT molecular complexity index is 439. The van der Waals surface area contributed by atoms with Crippen LogP contribution >= 0.6 is 11.8 Å². The molecule has 0 bridgehead atoms. The van der Waals surface area contributed by atoms with Crippen molar-refractivity contribution in [1.82, 2.24) is 0 Å². The van der Waals surface area contributed by atoms with E-state index in [1.807, 2.05) is 60.7 Å². The third-order valence-corrected chi connectivity index (χ3v) is 5.44. The van der Waals surface area contributed by atoms with E-state index in [0.717, 1.165) is 15.0 Å². The molecule has 2 rings (SSSR count). The first-order chi connectivity index (χ1) is 8.38. The monoisotopic (exact) mass is 310 g/mol. The molecule has 0 saturated heterocycles.